The second-order valence-corrected chi connectivity index (χ2v) is 9.49. The number of aromatic amines is 1. The Kier molecular flexibility index (Phi) is 6.14. The molecular formula is C26H29N5S. The number of likely N-dealkylation sites (N-methyl/N-ethyl adjacent to an activating group) is 1. The van der Waals surface area contributed by atoms with Gasteiger partial charge in [-0.1, -0.05) is 48.2 Å². The predicted octanol–water partition coefficient (Wildman–Crippen LogP) is 5.05. The van der Waals surface area contributed by atoms with Gasteiger partial charge in [0.15, 0.2) is 5.16 Å². The molecule has 6 heteroatoms. The van der Waals surface area contributed by atoms with Crippen molar-refractivity contribution in [2.75, 3.05) is 31.6 Å². The Labute approximate surface area is 193 Å². The molecule has 2 aromatic heterocycles. The minimum atomic E-state index is 0.797. The number of thioether (sulfide) groups is 1. The van der Waals surface area contributed by atoms with Crippen LogP contribution in [0.1, 0.15) is 22.5 Å². The van der Waals surface area contributed by atoms with Crippen LogP contribution in [-0.4, -0.2) is 46.5 Å². The Hall–Kier alpha value is -2.83. The fourth-order valence-corrected chi connectivity index (χ4v) is 5.09. The topological polar surface area (TPSA) is 48.0 Å². The lowest BCUT2D eigenvalue weighted by Gasteiger charge is -2.31. The zero-order chi connectivity index (χ0) is 21.9. The minimum Gasteiger partial charge on any atom is -0.373 e. The molecule has 0 radical (unpaired) electrons. The van der Waals surface area contributed by atoms with Crippen molar-refractivity contribution in [2.24, 2.45) is 0 Å². The number of para-hydroxylation sites is 2. The molecule has 0 bridgehead atoms. The van der Waals surface area contributed by atoms with Gasteiger partial charge in [0.2, 0.25) is 0 Å². The van der Waals surface area contributed by atoms with Gasteiger partial charge in [-0.05, 0) is 48.7 Å². The van der Waals surface area contributed by atoms with Crippen molar-refractivity contribution in [1.82, 2.24) is 19.9 Å². The van der Waals surface area contributed by atoms with Crippen LogP contribution in [-0.2, 0) is 18.7 Å². The molecule has 5 nitrogen and oxygen atoms in total. The molecule has 0 spiro atoms. The molecule has 3 heterocycles. The largest absolute Gasteiger partial charge is 0.373 e. The van der Waals surface area contributed by atoms with Gasteiger partial charge in [0.05, 0.1) is 16.7 Å². The van der Waals surface area contributed by atoms with Crippen LogP contribution in [0.15, 0.2) is 65.8 Å². The number of imidazole rings is 1. The SMILES string of the molecule is Cc1cc(N(C)CCN2CCc3ccccc3C2)cc(CSc2nc3ccccc3[nH]2)n1. The third-order valence-corrected chi connectivity index (χ3v) is 7.02. The first-order valence-corrected chi connectivity index (χ1v) is 12.2. The van der Waals surface area contributed by atoms with Crippen molar-refractivity contribution in [3.8, 4) is 0 Å². The number of aromatic nitrogens is 3. The van der Waals surface area contributed by atoms with E-state index in [9.17, 15) is 0 Å². The van der Waals surface area contributed by atoms with Crippen LogP contribution in [0.25, 0.3) is 11.0 Å². The maximum Gasteiger partial charge on any atom is 0.166 e. The summed E-state index contributed by atoms with van der Waals surface area (Å²) in [6, 6.07) is 21.4. The highest BCUT2D eigenvalue weighted by molar-refractivity contribution is 7.98. The molecule has 1 N–H and O–H groups in total. The molecule has 0 unspecified atom stereocenters. The van der Waals surface area contributed by atoms with Crippen molar-refractivity contribution in [2.45, 2.75) is 30.8 Å². The zero-order valence-electron chi connectivity index (χ0n) is 18.7. The number of anilines is 1. The van der Waals surface area contributed by atoms with E-state index in [0.717, 1.165) is 65.9 Å². The number of rotatable bonds is 7. The van der Waals surface area contributed by atoms with Gasteiger partial charge in [0, 0.05) is 50.4 Å². The summed E-state index contributed by atoms with van der Waals surface area (Å²) in [5, 5.41) is 0.940. The van der Waals surface area contributed by atoms with E-state index in [4.69, 9.17) is 4.98 Å². The number of pyridine rings is 1. The summed E-state index contributed by atoms with van der Waals surface area (Å²) in [4.78, 5) is 17.7. The summed E-state index contributed by atoms with van der Waals surface area (Å²) in [5.41, 5.74) is 8.45. The van der Waals surface area contributed by atoms with Crippen molar-refractivity contribution < 1.29 is 0 Å². The number of hydrogen-bond acceptors (Lipinski definition) is 5. The Bertz CT molecular complexity index is 1180. The number of nitrogens with one attached hydrogen (secondary N) is 1. The van der Waals surface area contributed by atoms with Gasteiger partial charge in [-0.15, -0.1) is 0 Å². The number of nitrogens with zero attached hydrogens (tertiary/aromatic N) is 4. The first kappa shape index (κ1) is 21.0. The van der Waals surface area contributed by atoms with Crippen LogP contribution in [0.4, 0.5) is 5.69 Å². The molecule has 0 saturated heterocycles. The summed E-state index contributed by atoms with van der Waals surface area (Å²) in [6.07, 6.45) is 1.15. The van der Waals surface area contributed by atoms with Gasteiger partial charge >= 0.3 is 0 Å². The number of hydrogen-bond donors (Lipinski definition) is 1. The lowest BCUT2D eigenvalue weighted by molar-refractivity contribution is 0.260. The highest BCUT2D eigenvalue weighted by Gasteiger charge is 2.16. The summed E-state index contributed by atoms with van der Waals surface area (Å²) in [7, 11) is 2.18. The van der Waals surface area contributed by atoms with E-state index < -0.39 is 0 Å². The molecular weight excluding hydrogens is 414 g/mol. The molecule has 32 heavy (non-hydrogen) atoms. The lowest BCUT2D eigenvalue weighted by atomic mass is 10.00. The van der Waals surface area contributed by atoms with E-state index in [1.807, 2.05) is 18.2 Å². The second kappa shape index (κ2) is 9.35. The molecule has 5 rings (SSSR count). The molecule has 0 atom stereocenters. The molecule has 0 aliphatic carbocycles. The Morgan fingerprint density at radius 3 is 2.72 bits per heavy atom. The third kappa shape index (κ3) is 4.81. The second-order valence-electron chi connectivity index (χ2n) is 8.52. The monoisotopic (exact) mass is 443 g/mol. The molecule has 1 aliphatic rings. The maximum atomic E-state index is 4.76. The van der Waals surface area contributed by atoms with Crippen LogP contribution in [0.2, 0.25) is 0 Å². The average Bonchev–Trinajstić information content (AvgIpc) is 3.24. The summed E-state index contributed by atoms with van der Waals surface area (Å²) in [5.74, 6) is 0.797. The Balaban J connectivity index is 1.20. The third-order valence-electron chi connectivity index (χ3n) is 6.12. The van der Waals surface area contributed by atoms with E-state index in [1.165, 1.54) is 16.8 Å². The van der Waals surface area contributed by atoms with E-state index >= 15 is 0 Å². The van der Waals surface area contributed by atoms with Crippen molar-refractivity contribution >= 4 is 28.5 Å². The van der Waals surface area contributed by atoms with Crippen LogP contribution >= 0.6 is 11.8 Å². The first-order chi connectivity index (χ1) is 15.6. The first-order valence-electron chi connectivity index (χ1n) is 11.2. The van der Waals surface area contributed by atoms with E-state index in [-0.39, 0.29) is 0 Å². The molecule has 0 fully saturated rings. The van der Waals surface area contributed by atoms with Gasteiger partial charge < -0.3 is 9.88 Å². The molecule has 2 aromatic carbocycles. The quantitative estimate of drug-likeness (QED) is 0.405. The van der Waals surface area contributed by atoms with Crippen molar-refractivity contribution in [3.05, 3.63) is 83.2 Å². The van der Waals surface area contributed by atoms with Crippen molar-refractivity contribution in [3.63, 3.8) is 0 Å². The van der Waals surface area contributed by atoms with Crippen LogP contribution in [0.5, 0.6) is 0 Å². The van der Waals surface area contributed by atoms with Gasteiger partial charge in [-0.2, -0.15) is 0 Å². The van der Waals surface area contributed by atoms with Gasteiger partial charge in [-0.25, -0.2) is 4.98 Å². The summed E-state index contributed by atoms with van der Waals surface area (Å²) in [6.45, 7) is 6.34. The highest BCUT2D eigenvalue weighted by Crippen LogP contribution is 2.25. The van der Waals surface area contributed by atoms with Crippen LogP contribution < -0.4 is 4.90 Å². The molecule has 0 saturated carbocycles. The highest BCUT2D eigenvalue weighted by atomic mass is 32.2. The molecule has 164 valence electrons. The summed E-state index contributed by atoms with van der Waals surface area (Å²) < 4.78 is 0. The Morgan fingerprint density at radius 1 is 1.03 bits per heavy atom. The van der Waals surface area contributed by atoms with E-state index in [1.54, 1.807) is 11.8 Å². The number of fused-ring (bicyclic) bond motifs is 2. The fraction of sp³-hybridized carbons (Fsp3) is 0.308. The summed E-state index contributed by atoms with van der Waals surface area (Å²) >= 11 is 1.70. The number of aryl methyl sites for hydroxylation is 1. The molecule has 0 amide bonds. The van der Waals surface area contributed by atoms with Crippen molar-refractivity contribution in [1.29, 1.82) is 0 Å². The minimum absolute atomic E-state index is 0.797. The standard InChI is InChI=1S/C26H29N5S/c1-19-15-23(30(2)13-14-31-12-11-20-7-3-4-8-21(20)17-31)16-22(27-19)18-32-26-28-24-9-5-6-10-25(24)29-26/h3-10,15-16H,11-14,17-18H2,1-2H3,(H,28,29). The maximum absolute atomic E-state index is 4.76. The average molecular weight is 444 g/mol. The molecule has 4 aromatic rings. The zero-order valence-corrected chi connectivity index (χ0v) is 19.5. The smallest absolute Gasteiger partial charge is 0.166 e. The number of H-pyrrole nitrogens is 1. The van der Waals surface area contributed by atoms with E-state index in [2.05, 4.69) is 76.2 Å². The molecule has 1 aliphatic heterocycles. The number of benzene rings is 2. The predicted molar refractivity (Wildman–Crippen MR) is 133 cm³/mol. The van der Waals surface area contributed by atoms with Gasteiger partial charge in [0.1, 0.15) is 0 Å². The lowest BCUT2D eigenvalue weighted by Crippen LogP contribution is -2.36. The van der Waals surface area contributed by atoms with Gasteiger partial charge in [-0.3, -0.25) is 9.88 Å². The van der Waals surface area contributed by atoms with Crippen LogP contribution in [0.3, 0.4) is 0 Å². The normalized spacial score (nSPS) is 13.9. The van der Waals surface area contributed by atoms with E-state index in [0.29, 0.717) is 0 Å². The fourth-order valence-electron chi connectivity index (χ4n) is 4.32. The van der Waals surface area contributed by atoms with Gasteiger partial charge in [0.25, 0.3) is 0 Å². The Morgan fingerprint density at radius 2 is 1.84 bits per heavy atom. The van der Waals surface area contributed by atoms with Crippen LogP contribution in [0, 0.1) is 6.92 Å².